The summed E-state index contributed by atoms with van der Waals surface area (Å²) in [6.45, 7) is 4.07. The molecule has 1 amide bonds. The summed E-state index contributed by atoms with van der Waals surface area (Å²) in [5.74, 6) is -0.251. The van der Waals surface area contributed by atoms with Crippen LogP contribution in [0.3, 0.4) is 0 Å². The van der Waals surface area contributed by atoms with Crippen LogP contribution in [0.2, 0.25) is 0 Å². The van der Waals surface area contributed by atoms with Crippen LogP contribution in [0.5, 0.6) is 0 Å². The van der Waals surface area contributed by atoms with Crippen molar-refractivity contribution in [1.82, 2.24) is 4.90 Å². The average Bonchev–Trinajstić information content (AvgIpc) is 3.13. The van der Waals surface area contributed by atoms with Crippen molar-refractivity contribution in [3.05, 3.63) is 89.5 Å². The fourth-order valence-corrected chi connectivity index (χ4v) is 4.54. The van der Waals surface area contributed by atoms with E-state index in [0.29, 0.717) is 28.2 Å². The third kappa shape index (κ3) is 5.55. The Kier molecular flexibility index (Phi) is 6.95. The van der Waals surface area contributed by atoms with Crippen molar-refractivity contribution in [2.45, 2.75) is 25.6 Å². The normalized spacial score (nSPS) is 14.6. The Hall–Kier alpha value is -3.62. The Morgan fingerprint density at radius 1 is 0.943 bits per heavy atom. The fraction of sp³-hybridized carbons (Fsp3) is 0.222. The second-order valence-corrected chi connectivity index (χ2v) is 11.3. The zero-order valence-corrected chi connectivity index (χ0v) is 21.1. The molecule has 4 rings (SSSR count). The van der Waals surface area contributed by atoms with E-state index in [-0.39, 0.29) is 5.91 Å². The summed E-state index contributed by atoms with van der Waals surface area (Å²) in [6, 6.07) is 22.8. The first kappa shape index (κ1) is 24.5. The van der Waals surface area contributed by atoms with Gasteiger partial charge in [0.15, 0.2) is 0 Å². The van der Waals surface area contributed by atoms with Crippen LogP contribution in [0.4, 0.5) is 17.1 Å². The molecular weight excluding hydrogens is 460 g/mol. The molecule has 1 aliphatic heterocycles. The first-order chi connectivity index (χ1) is 16.6. The molecule has 8 heteroatoms. The van der Waals surface area contributed by atoms with E-state index in [4.69, 9.17) is 0 Å². The van der Waals surface area contributed by atoms with E-state index in [1.54, 1.807) is 32.0 Å². The molecule has 1 aliphatic rings. The summed E-state index contributed by atoms with van der Waals surface area (Å²) >= 11 is 0. The van der Waals surface area contributed by atoms with Gasteiger partial charge in [0, 0.05) is 29.2 Å². The van der Waals surface area contributed by atoms with Crippen molar-refractivity contribution in [3.8, 4) is 0 Å². The molecule has 3 aromatic rings. The molecule has 0 radical (unpaired) electrons. The smallest absolute Gasteiger partial charge is 0.258 e. The molecule has 0 aliphatic carbocycles. The van der Waals surface area contributed by atoms with Gasteiger partial charge in [-0.25, -0.2) is 8.42 Å². The summed E-state index contributed by atoms with van der Waals surface area (Å²) in [7, 11) is 0.523. The van der Waals surface area contributed by atoms with Crippen molar-refractivity contribution >= 4 is 44.3 Å². The van der Waals surface area contributed by atoms with Crippen LogP contribution in [-0.2, 0) is 21.4 Å². The van der Waals surface area contributed by atoms with E-state index < -0.39 is 15.3 Å². The van der Waals surface area contributed by atoms with Gasteiger partial charge in [0.1, 0.15) is 0 Å². The molecule has 3 aromatic carbocycles. The predicted octanol–water partition coefficient (Wildman–Crippen LogP) is 4.83. The number of anilines is 3. The molecule has 3 N–H and O–H groups in total. The summed E-state index contributed by atoms with van der Waals surface area (Å²) in [5.41, 5.74) is 5.64. The van der Waals surface area contributed by atoms with Crippen LogP contribution in [0.1, 0.15) is 30.5 Å². The van der Waals surface area contributed by atoms with Crippen LogP contribution < -0.4 is 15.4 Å². The summed E-state index contributed by atoms with van der Waals surface area (Å²) in [5, 5.41) is 5.77. The van der Waals surface area contributed by atoms with Gasteiger partial charge in [-0.3, -0.25) is 9.52 Å². The van der Waals surface area contributed by atoms with Crippen molar-refractivity contribution in [1.29, 1.82) is 0 Å². The maximum Gasteiger partial charge on any atom is 0.258 e. The van der Waals surface area contributed by atoms with E-state index in [9.17, 15) is 13.2 Å². The van der Waals surface area contributed by atoms with Crippen LogP contribution >= 0.6 is 0 Å². The minimum Gasteiger partial charge on any atom is -0.354 e. The zero-order chi connectivity index (χ0) is 25.2. The Morgan fingerprint density at radius 2 is 1.60 bits per heavy atom. The SMILES string of the molecule is CC(C)S(=O)(=O)Nc1ccc2c(c1)C(=C(Nc1ccc(CN(C)C)cc1)c1ccccc1)C(=O)N2. The van der Waals surface area contributed by atoms with Crippen molar-refractivity contribution in [3.63, 3.8) is 0 Å². The number of nitrogens with zero attached hydrogens (tertiary/aromatic N) is 1. The lowest BCUT2D eigenvalue weighted by Crippen LogP contribution is -2.22. The highest BCUT2D eigenvalue weighted by Crippen LogP contribution is 2.39. The van der Waals surface area contributed by atoms with Gasteiger partial charge in [-0.2, -0.15) is 0 Å². The summed E-state index contributed by atoms with van der Waals surface area (Å²) in [4.78, 5) is 15.3. The van der Waals surface area contributed by atoms with Gasteiger partial charge < -0.3 is 15.5 Å². The third-order valence-corrected chi connectivity index (χ3v) is 7.44. The maximum absolute atomic E-state index is 13.2. The molecule has 1 heterocycles. The molecule has 0 fully saturated rings. The molecule has 0 unspecified atom stereocenters. The van der Waals surface area contributed by atoms with Gasteiger partial charge in [-0.05, 0) is 69.4 Å². The first-order valence-electron chi connectivity index (χ1n) is 11.4. The average molecular weight is 491 g/mol. The van der Waals surface area contributed by atoms with Gasteiger partial charge in [-0.1, -0.05) is 42.5 Å². The van der Waals surface area contributed by atoms with Crippen LogP contribution in [0.25, 0.3) is 11.3 Å². The van der Waals surface area contributed by atoms with E-state index in [1.165, 1.54) is 5.56 Å². The highest BCUT2D eigenvalue weighted by atomic mass is 32.2. The topological polar surface area (TPSA) is 90.5 Å². The molecule has 182 valence electrons. The number of carbonyl (C=O) groups excluding carboxylic acids is 1. The lowest BCUT2D eigenvalue weighted by atomic mass is 9.99. The van der Waals surface area contributed by atoms with Crippen LogP contribution in [-0.4, -0.2) is 38.6 Å². The van der Waals surface area contributed by atoms with Gasteiger partial charge in [0.25, 0.3) is 5.91 Å². The van der Waals surface area contributed by atoms with E-state index >= 15 is 0 Å². The highest BCUT2D eigenvalue weighted by molar-refractivity contribution is 7.93. The quantitative estimate of drug-likeness (QED) is 0.394. The number of benzene rings is 3. The van der Waals surface area contributed by atoms with Crippen LogP contribution in [0, 0.1) is 0 Å². The van der Waals surface area contributed by atoms with Crippen molar-refractivity contribution in [2.24, 2.45) is 0 Å². The number of fused-ring (bicyclic) bond motifs is 1. The lowest BCUT2D eigenvalue weighted by molar-refractivity contribution is -0.110. The second-order valence-electron chi connectivity index (χ2n) is 9.09. The Labute approximate surface area is 206 Å². The van der Waals surface area contributed by atoms with Crippen molar-refractivity contribution in [2.75, 3.05) is 29.5 Å². The number of nitrogens with one attached hydrogen (secondary N) is 3. The van der Waals surface area contributed by atoms with Gasteiger partial charge >= 0.3 is 0 Å². The number of hydrogen-bond acceptors (Lipinski definition) is 5. The van der Waals surface area contributed by atoms with Gasteiger partial charge in [0.05, 0.1) is 16.5 Å². The summed E-state index contributed by atoms with van der Waals surface area (Å²) in [6.07, 6.45) is 0. The molecule has 0 bridgehead atoms. The largest absolute Gasteiger partial charge is 0.354 e. The molecule has 0 atom stereocenters. The molecule has 0 spiro atoms. The minimum absolute atomic E-state index is 0.251. The monoisotopic (exact) mass is 490 g/mol. The molecule has 35 heavy (non-hydrogen) atoms. The molecular formula is C27H30N4O3S. The predicted molar refractivity (Wildman–Crippen MR) is 143 cm³/mol. The molecule has 0 aromatic heterocycles. The standard InChI is InChI=1S/C27H30N4O3S/c1-18(2)35(33,34)30-22-14-15-24-23(16-22)25(27(32)29-24)26(20-8-6-5-7-9-20)28-21-12-10-19(11-13-21)17-31(3)4/h5-16,18,28,30H,17H2,1-4H3,(H,29,32). The number of hydrogen-bond donors (Lipinski definition) is 3. The van der Waals surface area contributed by atoms with Gasteiger partial charge in [0.2, 0.25) is 10.0 Å². The zero-order valence-electron chi connectivity index (χ0n) is 20.3. The number of rotatable bonds is 8. The Balaban J connectivity index is 1.79. The fourth-order valence-electron chi connectivity index (χ4n) is 3.85. The maximum atomic E-state index is 13.2. The number of amides is 1. The Morgan fingerprint density at radius 3 is 2.23 bits per heavy atom. The summed E-state index contributed by atoms with van der Waals surface area (Å²) < 4.78 is 27.5. The van der Waals surface area contributed by atoms with Crippen molar-refractivity contribution < 1.29 is 13.2 Å². The number of carbonyl (C=O) groups is 1. The molecule has 7 nitrogen and oxygen atoms in total. The second kappa shape index (κ2) is 9.93. The van der Waals surface area contributed by atoms with E-state index in [1.807, 2.05) is 56.6 Å². The lowest BCUT2D eigenvalue weighted by Gasteiger charge is -2.16. The Bertz CT molecular complexity index is 1360. The third-order valence-electron chi connectivity index (χ3n) is 5.68. The van der Waals surface area contributed by atoms with Crippen LogP contribution in [0.15, 0.2) is 72.8 Å². The first-order valence-corrected chi connectivity index (χ1v) is 13.0. The van der Waals surface area contributed by atoms with Gasteiger partial charge in [-0.15, -0.1) is 0 Å². The minimum atomic E-state index is -3.52. The molecule has 0 saturated heterocycles. The van der Waals surface area contributed by atoms with E-state index in [2.05, 4.69) is 32.4 Å². The number of sulfonamides is 1. The van der Waals surface area contributed by atoms with E-state index in [0.717, 1.165) is 17.8 Å². The highest BCUT2D eigenvalue weighted by Gasteiger charge is 2.29. The molecule has 0 saturated carbocycles.